The maximum absolute atomic E-state index is 12.8. The molecule has 14 heteroatoms. The average Bonchev–Trinajstić information content (AvgIpc) is 3.57. The summed E-state index contributed by atoms with van der Waals surface area (Å²) in [6.45, 7) is 1.68. The van der Waals surface area contributed by atoms with Crippen molar-refractivity contribution >= 4 is 28.6 Å². The number of ether oxygens (including phenoxy) is 1. The van der Waals surface area contributed by atoms with Crippen LogP contribution in [0.25, 0.3) is 22.7 Å². The van der Waals surface area contributed by atoms with Crippen LogP contribution < -0.4 is 15.6 Å². The summed E-state index contributed by atoms with van der Waals surface area (Å²) >= 11 is 0. The zero-order valence-corrected chi connectivity index (χ0v) is 18.3. The lowest BCUT2D eigenvalue weighted by Crippen LogP contribution is -2.19. The van der Waals surface area contributed by atoms with Crippen molar-refractivity contribution in [2.75, 3.05) is 12.4 Å². The van der Waals surface area contributed by atoms with E-state index in [4.69, 9.17) is 9.15 Å². The highest BCUT2D eigenvalue weighted by Crippen LogP contribution is 2.25. The molecule has 0 aliphatic carbocycles. The summed E-state index contributed by atoms with van der Waals surface area (Å²) in [4.78, 5) is 42.7. The summed E-state index contributed by atoms with van der Waals surface area (Å²) in [5.41, 5.74) is 0.837. The first-order valence-electron chi connectivity index (χ1n) is 10.1. The first kappa shape index (κ1) is 21.6. The van der Waals surface area contributed by atoms with Gasteiger partial charge >= 0.3 is 5.88 Å². The van der Waals surface area contributed by atoms with Crippen LogP contribution in [0, 0.1) is 17.0 Å². The molecule has 5 aromatic rings. The van der Waals surface area contributed by atoms with Crippen molar-refractivity contribution in [3.8, 4) is 17.4 Å². The fraction of sp³-hybridized carbons (Fsp3) is 0.0952. The third-order valence-electron chi connectivity index (χ3n) is 5.01. The predicted octanol–water partition coefficient (Wildman–Crippen LogP) is 2.37. The number of hydrogen-bond acceptors (Lipinski definition) is 9. The molecule has 0 unspecified atom stereocenters. The highest BCUT2D eigenvalue weighted by molar-refractivity contribution is 6.02. The quantitative estimate of drug-likeness (QED) is 0.275. The molecule has 0 radical (unpaired) electrons. The smallest absolute Gasteiger partial charge is 0.433 e. The van der Waals surface area contributed by atoms with Crippen molar-refractivity contribution < 1.29 is 18.9 Å². The number of nitro groups is 1. The number of rotatable bonds is 6. The molecule has 1 amide bonds. The van der Waals surface area contributed by atoms with Crippen LogP contribution in [0.15, 0.2) is 57.9 Å². The first-order chi connectivity index (χ1) is 16.9. The Hall–Kier alpha value is -5.27. The van der Waals surface area contributed by atoms with Gasteiger partial charge in [-0.05, 0) is 25.1 Å². The van der Waals surface area contributed by atoms with Gasteiger partial charge in [-0.2, -0.15) is 19.9 Å². The van der Waals surface area contributed by atoms with E-state index in [-0.39, 0.29) is 28.6 Å². The van der Waals surface area contributed by atoms with E-state index in [0.29, 0.717) is 17.1 Å². The van der Waals surface area contributed by atoms with Gasteiger partial charge in [0.25, 0.3) is 11.5 Å². The number of fused-ring (bicyclic) bond motifs is 1. The van der Waals surface area contributed by atoms with Gasteiger partial charge in [0.2, 0.25) is 5.95 Å². The van der Waals surface area contributed by atoms with Crippen molar-refractivity contribution in [2.45, 2.75) is 6.92 Å². The number of nitrogens with one attached hydrogen (secondary N) is 2. The number of H-pyrrole nitrogens is 1. The third-order valence-corrected chi connectivity index (χ3v) is 5.01. The lowest BCUT2D eigenvalue weighted by atomic mass is 10.3. The van der Waals surface area contributed by atoms with Crippen molar-refractivity contribution in [1.82, 2.24) is 29.5 Å². The van der Waals surface area contributed by atoms with Crippen molar-refractivity contribution in [3.05, 3.63) is 80.6 Å². The Balaban J connectivity index is 1.58. The van der Waals surface area contributed by atoms with Gasteiger partial charge < -0.3 is 14.5 Å². The fourth-order valence-corrected chi connectivity index (χ4v) is 3.46. The SMILES string of the molecule is COc1ccccc1-n1ncc2c(=O)[nH]c(-n3nc(C)cc3NC(=O)c3ccc([N+](=O)[O-])o3)nc21. The van der Waals surface area contributed by atoms with E-state index in [2.05, 4.69) is 25.5 Å². The molecule has 35 heavy (non-hydrogen) atoms. The minimum Gasteiger partial charge on any atom is -0.494 e. The first-order valence-corrected chi connectivity index (χ1v) is 10.1. The van der Waals surface area contributed by atoms with Crippen LogP contribution in [0.3, 0.4) is 0 Å². The van der Waals surface area contributed by atoms with Crippen LogP contribution in [0.2, 0.25) is 0 Å². The second kappa shape index (κ2) is 8.26. The number of carbonyl (C=O) groups excluding carboxylic acids is 1. The topological polar surface area (TPSA) is 176 Å². The predicted molar refractivity (Wildman–Crippen MR) is 121 cm³/mol. The summed E-state index contributed by atoms with van der Waals surface area (Å²) < 4.78 is 13.0. The van der Waals surface area contributed by atoms with E-state index in [1.165, 1.54) is 34.8 Å². The van der Waals surface area contributed by atoms with E-state index < -0.39 is 22.3 Å². The molecule has 0 fully saturated rings. The lowest BCUT2D eigenvalue weighted by Gasteiger charge is -2.10. The molecular formula is C21H16N8O6. The maximum Gasteiger partial charge on any atom is 0.433 e. The molecule has 0 saturated carbocycles. The molecule has 14 nitrogen and oxygen atoms in total. The molecule has 4 aromatic heterocycles. The molecule has 0 saturated heterocycles. The van der Waals surface area contributed by atoms with Crippen molar-refractivity contribution in [3.63, 3.8) is 0 Å². The van der Waals surface area contributed by atoms with Gasteiger partial charge in [0.15, 0.2) is 11.4 Å². The number of benzene rings is 1. The molecule has 2 N–H and O–H groups in total. The Kier molecular flexibility index (Phi) is 5.09. The van der Waals surface area contributed by atoms with Gasteiger partial charge in [-0.3, -0.25) is 24.7 Å². The number of methoxy groups -OCH3 is 1. The van der Waals surface area contributed by atoms with Crippen LogP contribution >= 0.6 is 0 Å². The molecule has 0 bridgehead atoms. The molecule has 5 rings (SSSR count). The van der Waals surface area contributed by atoms with Crippen LogP contribution in [0.4, 0.5) is 11.7 Å². The van der Waals surface area contributed by atoms with Gasteiger partial charge in [-0.1, -0.05) is 12.1 Å². The molecule has 0 spiro atoms. The molecule has 4 heterocycles. The number of anilines is 1. The van der Waals surface area contributed by atoms with Crippen LogP contribution in [0.1, 0.15) is 16.2 Å². The Morgan fingerprint density at radius 1 is 1.23 bits per heavy atom. The average molecular weight is 476 g/mol. The van der Waals surface area contributed by atoms with Crippen LogP contribution in [0.5, 0.6) is 5.75 Å². The van der Waals surface area contributed by atoms with Gasteiger partial charge in [0.1, 0.15) is 27.6 Å². The van der Waals surface area contributed by atoms with Crippen molar-refractivity contribution in [2.24, 2.45) is 0 Å². The summed E-state index contributed by atoms with van der Waals surface area (Å²) in [5, 5.41) is 22.2. The molecule has 0 aliphatic heterocycles. The van der Waals surface area contributed by atoms with Crippen LogP contribution in [-0.2, 0) is 0 Å². The number of aromatic amines is 1. The van der Waals surface area contributed by atoms with Gasteiger partial charge in [-0.25, -0.2) is 4.68 Å². The van der Waals surface area contributed by atoms with E-state index in [9.17, 15) is 19.7 Å². The number of carbonyl (C=O) groups is 1. The zero-order valence-electron chi connectivity index (χ0n) is 18.3. The molecule has 1 aromatic carbocycles. The Morgan fingerprint density at radius 3 is 2.77 bits per heavy atom. The number of aromatic nitrogens is 6. The maximum atomic E-state index is 12.8. The Morgan fingerprint density at radius 2 is 2.03 bits per heavy atom. The van der Waals surface area contributed by atoms with Crippen molar-refractivity contribution in [1.29, 1.82) is 0 Å². The number of para-hydroxylation sites is 2. The minimum absolute atomic E-state index is 0.00738. The largest absolute Gasteiger partial charge is 0.494 e. The van der Waals surface area contributed by atoms with Gasteiger partial charge in [-0.15, -0.1) is 0 Å². The van der Waals surface area contributed by atoms with Gasteiger partial charge in [0.05, 0.1) is 25.1 Å². The Labute approximate surface area is 194 Å². The highest BCUT2D eigenvalue weighted by atomic mass is 16.6. The fourth-order valence-electron chi connectivity index (χ4n) is 3.46. The Bertz CT molecular complexity index is 1660. The standard InChI is InChI=1S/C21H16N8O6/c1-11-9-16(23-20(31)15-7-8-17(35-15)29(32)33)28(26-11)21-24-18-12(19(30)25-21)10-22-27(18)13-5-3-4-6-14(13)34-2/h3-10H,1-2H3,(H,23,31)(H,24,25,30). The summed E-state index contributed by atoms with van der Waals surface area (Å²) in [6, 6.07) is 10.9. The van der Waals surface area contributed by atoms with E-state index in [1.807, 2.05) is 0 Å². The van der Waals surface area contributed by atoms with Crippen LogP contribution in [-0.4, -0.2) is 47.5 Å². The van der Waals surface area contributed by atoms with E-state index in [1.54, 1.807) is 31.2 Å². The monoisotopic (exact) mass is 476 g/mol. The molecule has 0 atom stereocenters. The normalized spacial score (nSPS) is 11.0. The number of amides is 1. The second-order valence-corrected chi connectivity index (χ2v) is 7.29. The highest BCUT2D eigenvalue weighted by Gasteiger charge is 2.21. The summed E-state index contributed by atoms with van der Waals surface area (Å²) in [6.07, 6.45) is 1.39. The molecular weight excluding hydrogens is 460 g/mol. The lowest BCUT2D eigenvalue weighted by molar-refractivity contribution is -0.402. The van der Waals surface area contributed by atoms with E-state index >= 15 is 0 Å². The third kappa shape index (κ3) is 3.78. The number of furan rings is 1. The number of aryl methyl sites for hydroxylation is 1. The second-order valence-electron chi connectivity index (χ2n) is 7.29. The summed E-state index contributed by atoms with van der Waals surface area (Å²) in [7, 11) is 1.52. The molecule has 0 aliphatic rings. The summed E-state index contributed by atoms with van der Waals surface area (Å²) in [5.74, 6) is -0.905. The van der Waals surface area contributed by atoms with Gasteiger partial charge in [0, 0.05) is 6.07 Å². The zero-order chi connectivity index (χ0) is 24.7. The minimum atomic E-state index is -0.750. The molecule has 176 valence electrons. The number of nitrogens with zero attached hydrogens (tertiary/aromatic N) is 6. The number of hydrogen-bond donors (Lipinski definition) is 2. The van der Waals surface area contributed by atoms with E-state index in [0.717, 1.165) is 6.07 Å².